The molecular formula is C30H23N3O3. The van der Waals surface area contributed by atoms with Gasteiger partial charge in [-0.3, -0.25) is 9.59 Å². The van der Waals surface area contributed by atoms with Crippen LogP contribution in [0.2, 0.25) is 0 Å². The van der Waals surface area contributed by atoms with Crippen LogP contribution in [0.25, 0.3) is 21.9 Å². The molecule has 0 aliphatic carbocycles. The molecule has 0 N–H and O–H groups in total. The molecular weight excluding hydrogens is 450 g/mol. The molecule has 0 unspecified atom stereocenters. The van der Waals surface area contributed by atoms with E-state index in [1.165, 1.54) is 4.90 Å². The fraction of sp³-hybridized carbons (Fsp3) is 0.167. The van der Waals surface area contributed by atoms with Gasteiger partial charge in [0.1, 0.15) is 6.04 Å². The number of carbonyl (C=O) groups excluding carboxylic acids is 3. The normalized spacial score (nSPS) is 22.6. The Kier molecular flexibility index (Phi) is 4.51. The average Bonchev–Trinajstić information content (AvgIpc) is 3.60. The van der Waals surface area contributed by atoms with Crippen LogP contribution in [-0.4, -0.2) is 52.3 Å². The summed E-state index contributed by atoms with van der Waals surface area (Å²) in [7, 11) is 0. The van der Waals surface area contributed by atoms with Crippen LogP contribution in [0.3, 0.4) is 0 Å². The van der Waals surface area contributed by atoms with Gasteiger partial charge < -0.3 is 9.80 Å². The number of rotatable bonds is 3. The van der Waals surface area contributed by atoms with Crippen molar-refractivity contribution in [2.24, 2.45) is 0 Å². The topological polar surface area (TPSA) is 60.9 Å². The number of carbonyl (C=O) groups is 3. The van der Waals surface area contributed by atoms with Gasteiger partial charge in [-0.1, -0.05) is 78.9 Å². The summed E-state index contributed by atoms with van der Waals surface area (Å²) in [5.74, 6) is -0.341. The number of piperazine rings is 1. The molecule has 0 radical (unpaired) electrons. The van der Waals surface area contributed by atoms with E-state index in [1.807, 2.05) is 97.1 Å². The summed E-state index contributed by atoms with van der Waals surface area (Å²) in [6.45, 7) is 0.447. The molecule has 4 aromatic carbocycles. The third-order valence-electron chi connectivity index (χ3n) is 7.77. The SMILES string of the molecule is O=C1[C@@H]2[C@@H]3C[C@@H](CN3C(=O)c3ccc(-c4ccccc4)cc3)N2C(=O)N1c1cccc2ccccc12. The molecule has 0 saturated carbocycles. The second-order valence-electron chi connectivity index (χ2n) is 9.66. The third kappa shape index (κ3) is 2.94. The van der Waals surface area contributed by atoms with E-state index in [9.17, 15) is 14.4 Å². The number of hydrogen-bond donors (Lipinski definition) is 0. The minimum Gasteiger partial charge on any atom is -0.331 e. The van der Waals surface area contributed by atoms with Gasteiger partial charge in [0.25, 0.3) is 11.8 Å². The molecule has 3 aliphatic rings. The van der Waals surface area contributed by atoms with Crippen LogP contribution >= 0.6 is 0 Å². The van der Waals surface area contributed by atoms with Crippen molar-refractivity contribution in [3.8, 4) is 11.1 Å². The van der Waals surface area contributed by atoms with E-state index in [0.29, 0.717) is 24.2 Å². The molecule has 176 valence electrons. The number of hydrogen-bond acceptors (Lipinski definition) is 3. The lowest BCUT2D eigenvalue weighted by Crippen LogP contribution is -2.54. The van der Waals surface area contributed by atoms with Crippen LogP contribution in [-0.2, 0) is 4.79 Å². The number of amides is 4. The van der Waals surface area contributed by atoms with Crippen molar-refractivity contribution in [3.63, 3.8) is 0 Å². The predicted octanol–water partition coefficient (Wildman–Crippen LogP) is 4.94. The van der Waals surface area contributed by atoms with Crippen molar-refractivity contribution in [1.29, 1.82) is 0 Å². The molecule has 3 saturated heterocycles. The van der Waals surface area contributed by atoms with Crippen molar-refractivity contribution in [2.45, 2.75) is 24.5 Å². The molecule has 3 atom stereocenters. The van der Waals surface area contributed by atoms with Crippen molar-refractivity contribution in [1.82, 2.24) is 9.80 Å². The van der Waals surface area contributed by atoms with E-state index in [1.54, 1.807) is 9.80 Å². The maximum absolute atomic E-state index is 13.7. The largest absolute Gasteiger partial charge is 0.332 e. The van der Waals surface area contributed by atoms with Gasteiger partial charge in [-0.15, -0.1) is 0 Å². The fourth-order valence-electron chi connectivity index (χ4n) is 6.12. The molecule has 3 heterocycles. The van der Waals surface area contributed by atoms with Crippen LogP contribution in [0.5, 0.6) is 0 Å². The number of likely N-dealkylation sites (tertiary alicyclic amines) is 1. The summed E-state index contributed by atoms with van der Waals surface area (Å²) >= 11 is 0. The first-order valence-electron chi connectivity index (χ1n) is 12.2. The van der Waals surface area contributed by atoms with E-state index in [2.05, 4.69) is 0 Å². The first-order valence-corrected chi connectivity index (χ1v) is 12.2. The van der Waals surface area contributed by atoms with Crippen LogP contribution in [0.1, 0.15) is 16.8 Å². The minimum atomic E-state index is -0.636. The van der Waals surface area contributed by atoms with E-state index < -0.39 is 6.04 Å². The zero-order chi connectivity index (χ0) is 24.4. The standard InChI is InChI=1S/C30H23N3O3/c34-28(22-15-13-20(14-16-22)19-7-2-1-3-8-19)31-18-23-17-26(31)27-29(35)33(30(36)32(23)27)25-12-6-10-21-9-4-5-11-24(21)25/h1-16,23,26-27H,17-18H2/t23-,26-,27-/m0/s1. The lowest BCUT2D eigenvalue weighted by molar-refractivity contribution is -0.121. The second-order valence-corrected chi connectivity index (χ2v) is 9.66. The summed E-state index contributed by atoms with van der Waals surface area (Å²) < 4.78 is 0. The van der Waals surface area contributed by atoms with Crippen LogP contribution < -0.4 is 4.90 Å². The highest BCUT2D eigenvalue weighted by atomic mass is 16.2. The van der Waals surface area contributed by atoms with Crippen molar-refractivity contribution < 1.29 is 14.4 Å². The molecule has 3 fully saturated rings. The predicted molar refractivity (Wildman–Crippen MR) is 138 cm³/mol. The average molecular weight is 474 g/mol. The molecule has 2 bridgehead atoms. The summed E-state index contributed by atoms with van der Waals surface area (Å²) in [5, 5.41) is 1.84. The Morgan fingerprint density at radius 3 is 2.25 bits per heavy atom. The molecule has 36 heavy (non-hydrogen) atoms. The van der Waals surface area contributed by atoms with Gasteiger partial charge >= 0.3 is 6.03 Å². The Bertz CT molecular complexity index is 1530. The quantitative estimate of drug-likeness (QED) is 0.396. The number of urea groups is 1. The highest BCUT2D eigenvalue weighted by Gasteiger charge is 2.63. The number of benzene rings is 4. The Hall–Kier alpha value is -4.45. The molecule has 3 aliphatic heterocycles. The number of imide groups is 1. The van der Waals surface area contributed by atoms with Gasteiger partial charge in [-0.25, -0.2) is 9.69 Å². The zero-order valence-electron chi connectivity index (χ0n) is 19.5. The summed E-state index contributed by atoms with van der Waals surface area (Å²) in [6, 6.07) is 29.6. The lowest BCUT2D eigenvalue weighted by atomic mass is 10.0. The first-order chi connectivity index (χ1) is 17.6. The van der Waals surface area contributed by atoms with Gasteiger partial charge in [0.15, 0.2) is 0 Å². The van der Waals surface area contributed by atoms with Gasteiger partial charge in [-0.05, 0) is 41.1 Å². The maximum atomic E-state index is 13.7. The third-order valence-corrected chi connectivity index (χ3v) is 7.77. The van der Waals surface area contributed by atoms with Crippen LogP contribution in [0, 0.1) is 0 Å². The molecule has 4 amide bonds. The Balaban J connectivity index is 1.17. The second kappa shape index (κ2) is 7.78. The molecule has 0 aromatic heterocycles. The molecule has 6 heteroatoms. The number of fused-ring (bicyclic) bond motifs is 6. The fourth-order valence-corrected chi connectivity index (χ4v) is 6.12. The Morgan fingerprint density at radius 1 is 0.750 bits per heavy atom. The van der Waals surface area contributed by atoms with Crippen molar-refractivity contribution >= 4 is 34.3 Å². The summed E-state index contributed by atoms with van der Waals surface area (Å²) in [4.78, 5) is 45.4. The summed E-state index contributed by atoms with van der Waals surface area (Å²) in [6.07, 6.45) is 0.638. The maximum Gasteiger partial charge on any atom is 0.332 e. The van der Waals surface area contributed by atoms with Gasteiger partial charge in [0.2, 0.25) is 0 Å². The van der Waals surface area contributed by atoms with E-state index in [0.717, 1.165) is 21.9 Å². The van der Waals surface area contributed by atoms with Gasteiger partial charge in [0.05, 0.1) is 17.8 Å². The van der Waals surface area contributed by atoms with Crippen LogP contribution in [0.15, 0.2) is 97.1 Å². The molecule has 7 rings (SSSR count). The van der Waals surface area contributed by atoms with Crippen LogP contribution in [0.4, 0.5) is 10.5 Å². The van der Waals surface area contributed by atoms with E-state index >= 15 is 0 Å². The monoisotopic (exact) mass is 473 g/mol. The van der Waals surface area contributed by atoms with Gasteiger partial charge in [0, 0.05) is 17.5 Å². The minimum absolute atomic E-state index is 0.0920. The molecule has 4 aromatic rings. The first kappa shape index (κ1) is 20.9. The highest BCUT2D eigenvalue weighted by molar-refractivity contribution is 6.25. The lowest BCUT2D eigenvalue weighted by Gasteiger charge is -2.35. The van der Waals surface area contributed by atoms with E-state index in [4.69, 9.17) is 0 Å². The highest BCUT2D eigenvalue weighted by Crippen LogP contribution is 2.44. The Labute approximate surface area is 208 Å². The molecule has 0 spiro atoms. The number of nitrogens with zero attached hydrogens (tertiary/aromatic N) is 3. The summed E-state index contributed by atoms with van der Waals surface area (Å²) in [5.41, 5.74) is 3.34. The zero-order valence-corrected chi connectivity index (χ0v) is 19.5. The van der Waals surface area contributed by atoms with Crippen molar-refractivity contribution in [3.05, 3.63) is 103 Å². The molecule has 6 nitrogen and oxygen atoms in total. The number of anilines is 1. The van der Waals surface area contributed by atoms with Gasteiger partial charge in [-0.2, -0.15) is 0 Å². The van der Waals surface area contributed by atoms with E-state index in [-0.39, 0.29) is 29.9 Å². The smallest absolute Gasteiger partial charge is 0.331 e. The van der Waals surface area contributed by atoms with Crippen molar-refractivity contribution in [2.75, 3.05) is 11.4 Å². The Morgan fingerprint density at radius 2 is 1.44 bits per heavy atom.